The Balaban J connectivity index is 1.59. The van der Waals surface area contributed by atoms with Gasteiger partial charge in [0.2, 0.25) is 0 Å². The van der Waals surface area contributed by atoms with E-state index in [4.69, 9.17) is 27.9 Å². The molecule has 2 heterocycles. The lowest BCUT2D eigenvalue weighted by molar-refractivity contribution is -0.149. The SMILES string of the molecule is O=C(CN1C(=O)c2ccccc2C1=O)O[C@@H](Cc1c(Cl)cncc1Cl)c1ccc(OC(F)F)c(O)c1. The molecule has 1 aliphatic rings. The van der Waals surface area contributed by atoms with Gasteiger partial charge >= 0.3 is 12.6 Å². The van der Waals surface area contributed by atoms with E-state index in [2.05, 4.69) is 9.72 Å². The molecule has 3 aromatic rings. The highest BCUT2D eigenvalue weighted by atomic mass is 35.5. The second-order valence-electron chi connectivity index (χ2n) is 7.61. The summed E-state index contributed by atoms with van der Waals surface area (Å²) in [5.41, 5.74) is 0.886. The van der Waals surface area contributed by atoms with Crippen molar-refractivity contribution in [1.82, 2.24) is 9.88 Å². The predicted octanol–water partition coefficient (Wildman–Crippen LogP) is 4.82. The van der Waals surface area contributed by atoms with Crippen molar-refractivity contribution >= 4 is 41.0 Å². The van der Waals surface area contributed by atoms with Gasteiger partial charge in [-0.25, -0.2) is 0 Å². The molecule has 1 N–H and O–H groups in total. The molecule has 0 radical (unpaired) electrons. The number of pyridine rings is 1. The zero-order valence-electron chi connectivity index (χ0n) is 18.2. The maximum Gasteiger partial charge on any atom is 0.387 e. The number of fused-ring (bicyclic) bond motifs is 1. The maximum absolute atomic E-state index is 12.8. The van der Waals surface area contributed by atoms with Gasteiger partial charge in [-0.2, -0.15) is 8.78 Å². The van der Waals surface area contributed by atoms with Crippen LogP contribution in [0.3, 0.4) is 0 Å². The van der Waals surface area contributed by atoms with E-state index in [0.29, 0.717) is 5.56 Å². The summed E-state index contributed by atoms with van der Waals surface area (Å²) in [6.45, 7) is -3.84. The number of hydrogen-bond acceptors (Lipinski definition) is 7. The van der Waals surface area contributed by atoms with Crippen LogP contribution in [-0.2, 0) is 16.0 Å². The number of aromatic hydroxyl groups is 1. The average Bonchev–Trinajstić information content (AvgIpc) is 3.07. The van der Waals surface area contributed by atoms with Gasteiger partial charge in [0.05, 0.1) is 21.2 Å². The lowest BCUT2D eigenvalue weighted by Crippen LogP contribution is -2.36. The molecule has 1 aliphatic heterocycles. The Labute approximate surface area is 213 Å². The highest BCUT2D eigenvalue weighted by molar-refractivity contribution is 6.35. The summed E-state index contributed by atoms with van der Waals surface area (Å²) in [4.78, 5) is 42.7. The van der Waals surface area contributed by atoms with Crippen LogP contribution in [0.15, 0.2) is 54.9 Å². The quantitative estimate of drug-likeness (QED) is 0.325. The molecule has 0 saturated heterocycles. The molecule has 8 nitrogen and oxygen atoms in total. The van der Waals surface area contributed by atoms with Crippen LogP contribution in [0.2, 0.25) is 10.0 Å². The third kappa shape index (κ3) is 5.24. The molecule has 186 valence electrons. The Morgan fingerprint density at radius 2 is 1.64 bits per heavy atom. The molecule has 1 atom stereocenters. The van der Waals surface area contributed by atoms with Gasteiger partial charge in [-0.1, -0.05) is 41.4 Å². The fourth-order valence-electron chi connectivity index (χ4n) is 3.68. The van der Waals surface area contributed by atoms with Crippen LogP contribution in [0.4, 0.5) is 8.78 Å². The van der Waals surface area contributed by atoms with Crippen LogP contribution in [0.1, 0.15) is 37.9 Å². The highest BCUT2D eigenvalue weighted by Crippen LogP contribution is 2.35. The number of phenolic OH excluding ortho intramolecular Hbond substituents is 1. The van der Waals surface area contributed by atoms with Crippen LogP contribution in [0, 0.1) is 0 Å². The van der Waals surface area contributed by atoms with E-state index in [9.17, 15) is 28.3 Å². The Morgan fingerprint density at radius 1 is 1.03 bits per heavy atom. The minimum Gasteiger partial charge on any atom is -0.504 e. The number of alkyl halides is 2. The minimum absolute atomic E-state index is 0.0947. The van der Waals surface area contributed by atoms with E-state index in [0.717, 1.165) is 17.0 Å². The van der Waals surface area contributed by atoms with E-state index < -0.39 is 48.5 Å². The number of esters is 1. The molecule has 0 bridgehead atoms. The number of ether oxygens (including phenoxy) is 2. The van der Waals surface area contributed by atoms with Gasteiger partial charge in [0.15, 0.2) is 11.5 Å². The Hall–Kier alpha value is -3.76. The number of rotatable bonds is 8. The monoisotopic (exact) mass is 536 g/mol. The molecule has 4 rings (SSSR count). The number of aromatic nitrogens is 1. The highest BCUT2D eigenvalue weighted by Gasteiger charge is 2.37. The molecule has 2 amide bonds. The Kier molecular flexibility index (Phi) is 7.37. The lowest BCUT2D eigenvalue weighted by Gasteiger charge is -2.22. The Bertz CT molecular complexity index is 1300. The first kappa shape index (κ1) is 25.3. The summed E-state index contributed by atoms with van der Waals surface area (Å²) < 4.78 is 34.9. The fraction of sp³-hybridized carbons (Fsp3) is 0.167. The zero-order chi connectivity index (χ0) is 26.0. The fourth-order valence-corrected chi connectivity index (χ4v) is 4.20. The van der Waals surface area contributed by atoms with Crippen LogP contribution in [0.5, 0.6) is 11.5 Å². The third-order valence-corrected chi connectivity index (χ3v) is 6.00. The number of benzene rings is 2. The number of phenols is 1. The van der Waals surface area contributed by atoms with Gasteiger partial charge in [-0.3, -0.25) is 24.3 Å². The largest absolute Gasteiger partial charge is 0.504 e. The molecule has 0 saturated carbocycles. The van der Waals surface area contributed by atoms with Gasteiger partial charge in [-0.15, -0.1) is 0 Å². The first-order valence-corrected chi connectivity index (χ1v) is 11.1. The average molecular weight is 537 g/mol. The van der Waals surface area contributed by atoms with Crippen LogP contribution in [-0.4, -0.2) is 45.9 Å². The molecule has 0 aliphatic carbocycles. The molecule has 36 heavy (non-hydrogen) atoms. The number of imide groups is 1. The second-order valence-corrected chi connectivity index (χ2v) is 8.43. The van der Waals surface area contributed by atoms with E-state index in [1.807, 2.05) is 0 Å². The van der Waals surface area contributed by atoms with E-state index in [1.165, 1.54) is 30.6 Å². The topological polar surface area (TPSA) is 106 Å². The molecule has 0 spiro atoms. The summed E-state index contributed by atoms with van der Waals surface area (Å²) in [5, 5.41) is 10.5. The van der Waals surface area contributed by atoms with Crippen molar-refractivity contribution in [2.45, 2.75) is 19.1 Å². The van der Waals surface area contributed by atoms with Crippen molar-refractivity contribution in [2.75, 3.05) is 6.54 Å². The smallest absolute Gasteiger partial charge is 0.387 e. The van der Waals surface area contributed by atoms with Crippen molar-refractivity contribution in [2.24, 2.45) is 0 Å². The van der Waals surface area contributed by atoms with Crippen LogP contribution < -0.4 is 4.74 Å². The second kappa shape index (κ2) is 10.5. The zero-order valence-corrected chi connectivity index (χ0v) is 19.7. The van der Waals surface area contributed by atoms with E-state index >= 15 is 0 Å². The van der Waals surface area contributed by atoms with Gasteiger partial charge in [0.25, 0.3) is 11.8 Å². The van der Waals surface area contributed by atoms with Crippen molar-refractivity contribution in [1.29, 1.82) is 0 Å². The number of carbonyl (C=O) groups is 3. The van der Waals surface area contributed by atoms with Gasteiger partial charge in [0.1, 0.15) is 12.6 Å². The first-order chi connectivity index (χ1) is 17.2. The molecule has 1 aromatic heterocycles. The minimum atomic E-state index is -3.16. The van der Waals surface area contributed by atoms with E-state index in [1.54, 1.807) is 12.1 Å². The van der Waals surface area contributed by atoms with Crippen LogP contribution in [0.25, 0.3) is 0 Å². The first-order valence-electron chi connectivity index (χ1n) is 10.4. The van der Waals surface area contributed by atoms with Crippen LogP contribution >= 0.6 is 23.2 Å². The van der Waals surface area contributed by atoms with Gasteiger partial charge in [0, 0.05) is 18.8 Å². The van der Waals surface area contributed by atoms with Crippen molar-refractivity contribution in [3.05, 3.63) is 87.2 Å². The van der Waals surface area contributed by atoms with Crippen molar-refractivity contribution in [3.63, 3.8) is 0 Å². The summed E-state index contributed by atoms with van der Waals surface area (Å²) in [5.74, 6) is -3.33. The summed E-state index contributed by atoms with van der Waals surface area (Å²) in [6, 6.07) is 9.61. The molecule has 12 heteroatoms. The number of hydrogen-bond donors (Lipinski definition) is 1. The normalized spacial score (nSPS) is 13.6. The van der Waals surface area contributed by atoms with E-state index in [-0.39, 0.29) is 33.2 Å². The van der Waals surface area contributed by atoms with Gasteiger partial charge < -0.3 is 14.6 Å². The Morgan fingerprint density at radius 3 is 2.19 bits per heavy atom. The summed E-state index contributed by atoms with van der Waals surface area (Å²) in [6.07, 6.45) is 1.42. The molecule has 0 fully saturated rings. The lowest BCUT2D eigenvalue weighted by atomic mass is 10.0. The molecule has 2 aromatic carbocycles. The summed E-state index contributed by atoms with van der Waals surface area (Å²) in [7, 11) is 0. The molecular weight excluding hydrogens is 521 g/mol. The number of amides is 2. The van der Waals surface area contributed by atoms with Gasteiger partial charge in [-0.05, 0) is 35.4 Å². The molecular formula is C24H16Cl2F2N2O6. The third-order valence-electron chi connectivity index (χ3n) is 5.35. The standard InChI is InChI=1S/C24H16Cl2F2N2O6/c25-16-9-29-10-17(26)15(16)8-20(12-5-6-19(18(31)7-12)36-24(27)28)35-21(32)11-30-22(33)13-3-1-2-4-14(13)23(30)34/h1-7,9-10,20,24,31H,8,11H2/t20-/m0/s1. The van der Waals surface area contributed by atoms with Crippen molar-refractivity contribution < 1.29 is 37.7 Å². The number of carbonyl (C=O) groups excluding carboxylic acids is 3. The number of halogens is 4. The number of nitrogens with zero attached hydrogens (tertiary/aromatic N) is 2. The predicted molar refractivity (Wildman–Crippen MR) is 123 cm³/mol. The summed E-state index contributed by atoms with van der Waals surface area (Å²) >= 11 is 12.4. The maximum atomic E-state index is 12.8. The molecule has 0 unspecified atom stereocenters. The van der Waals surface area contributed by atoms with Crippen molar-refractivity contribution in [3.8, 4) is 11.5 Å².